The van der Waals surface area contributed by atoms with E-state index in [-0.39, 0.29) is 0 Å². The van der Waals surface area contributed by atoms with Crippen LogP contribution in [0.4, 0.5) is 0 Å². The van der Waals surface area contributed by atoms with Crippen LogP contribution in [0.25, 0.3) is 0 Å². The highest BCUT2D eigenvalue weighted by Crippen LogP contribution is 2.45. The zero-order valence-electron chi connectivity index (χ0n) is 12.1. The Balaban J connectivity index is 2.31. The molecule has 1 aromatic rings. The van der Waals surface area contributed by atoms with Crippen LogP contribution >= 0.6 is 15.6 Å². The van der Waals surface area contributed by atoms with Gasteiger partial charge in [0.15, 0.2) is 6.23 Å². The first kappa shape index (κ1) is 20.1. The number of aliphatic hydroxyl groups excluding tert-OH is 1. The molecular weight excluding hydrogens is 390 g/mol. The molecule has 1 saturated heterocycles. The molecule has 16 heteroatoms. The Hall–Kier alpha value is -1.18. The van der Waals surface area contributed by atoms with Gasteiger partial charge < -0.3 is 29.4 Å². The van der Waals surface area contributed by atoms with Crippen LogP contribution in [0.1, 0.15) is 6.23 Å². The van der Waals surface area contributed by atoms with E-state index in [1.807, 2.05) is 4.98 Å². The van der Waals surface area contributed by atoms with E-state index in [2.05, 4.69) is 9.05 Å². The number of aromatic amines is 1. The zero-order chi connectivity index (χ0) is 19.0. The van der Waals surface area contributed by atoms with Gasteiger partial charge in [-0.25, -0.2) is 13.9 Å². The van der Waals surface area contributed by atoms with Gasteiger partial charge in [-0.15, -0.1) is 0 Å². The Bertz CT molecular complexity index is 822. The smallest absolute Gasteiger partial charge is 0.386 e. The fourth-order valence-electron chi connectivity index (χ4n) is 2.17. The van der Waals surface area contributed by atoms with Crippen LogP contribution in [0.2, 0.25) is 0 Å². The Morgan fingerprint density at radius 3 is 2.36 bits per heavy atom. The molecule has 1 fully saturated rings. The third-order valence-electron chi connectivity index (χ3n) is 3.10. The van der Waals surface area contributed by atoms with Crippen molar-refractivity contribution in [2.45, 2.75) is 24.5 Å². The van der Waals surface area contributed by atoms with E-state index < -0.39 is 58.0 Å². The van der Waals surface area contributed by atoms with E-state index in [0.717, 1.165) is 12.3 Å². The van der Waals surface area contributed by atoms with Gasteiger partial charge in [0.2, 0.25) is 0 Å². The molecule has 1 aliphatic rings. The fourth-order valence-corrected chi connectivity index (χ4v) is 3.09. The van der Waals surface area contributed by atoms with Crippen LogP contribution in [0, 0.1) is 0 Å². The minimum Gasteiger partial charge on any atom is -0.386 e. The molecule has 6 N–H and O–H groups in total. The number of aromatic nitrogens is 2. The first-order chi connectivity index (χ1) is 11.4. The maximum Gasteiger partial charge on any atom is 0.470 e. The third-order valence-corrected chi connectivity index (χ3v) is 4.10. The van der Waals surface area contributed by atoms with Gasteiger partial charge >= 0.3 is 21.3 Å². The number of nitrogens with zero attached hydrogens (tertiary/aromatic N) is 1. The van der Waals surface area contributed by atoms with Crippen LogP contribution in [-0.2, 0) is 22.9 Å². The molecule has 0 aliphatic carbocycles. The molecule has 0 amide bonds. The summed E-state index contributed by atoms with van der Waals surface area (Å²) < 4.78 is 36.3. The van der Waals surface area contributed by atoms with E-state index in [4.69, 9.17) is 24.3 Å². The van der Waals surface area contributed by atoms with Gasteiger partial charge in [-0.1, -0.05) is 0 Å². The molecule has 2 rings (SSSR count). The Labute approximate surface area is 138 Å². The molecule has 14 nitrogen and oxygen atoms in total. The van der Waals surface area contributed by atoms with E-state index >= 15 is 0 Å². The molecule has 0 saturated carbocycles. The topological polar surface area (TPSA) is 218 Å². The summed E-state index contributed by atoms with van der Waals surface area (Å²) in [6, 6.07) is 0.926. The van der Waals surface area contributed by atoms with Crippen LogP contribution in [-0.4, -0.2) is 59.2 Å². The highest BCUT2D eigenvalue weighted by atomic mass is 31.2. The Morgan fingerprint density at radius 1 is 1.20 bits per heavy atom. The number of phosphoric acid groups is 2. The SMILES string of the molecule is O=c1ccn([C@@H]2O[C@H](COP(=O)(O)O)[C@@H](OP(=O)(O)O)[C@H]2O)c(=O)[nH]1. The summed E-state index contributed by atoms with van der Waals surface area (Å²) in [6.45, 7) is -0.902. The molecule has 1 aliphatic heterocycles. The van der Waals surface area contributed by atoms with Gasteiger partial charge in [-0.2, -0.15) is 0 Å². The quantitative estimate of drug-likeness (QED) is 0.269. The van der Waals surface area contributed by atoms with Gasteiger partial charge in [0.05, 0.1) is 6.61 Å². The monoisotopic (exact) mass is 404 g/mol. The largest absolute Gasteiger partial charge is 0.470 e. The molecule has 1 aromatic heterocycles. The number of hydrogen-bond acceptors (Lipinski definition) is 8. The van der Waals surface area contributed by atoms with Crippen molar-refractivity contribution in [3.8, 4) is 0 Å². The molecule has 0 bridgehead atoms. The number of nitrogens with one attached hydrogen (secondary N) is 1. The van der Waals surface area contributed by atoms with Crippen molar-refractivity contribution >= 4 is 15.6 Å². The van der Waals surface area contributed by atoms with Gasteiger partial charge in [0, 0.05) is 12.3 Å². The van der Waals surface area contributed by atoms with Crippen molar-refractivity contribution in [3.05, 3.63) is 33.1 Å². The van der Waals surface area contributed by atoms with Crippen molar-refractivity contribution in [1.82, 2.24) is 9.55 Å². The average molecular weight is 404 g/mol. The second kappa shape index (κ2) is 7.21. The van der Waals surface area contributed by atoms with Crippen LogP contribution < -0.4 is 11.2 Å². The van der Waals surface area contributed by atoms with Crippen LogP contribution in [0.3, 0.4) is 0 Å². The molecule has 0 aromatic carbocycles. The molecule has 4 atom stereocenters. The highest BCUT2D eigenvalue weighted by Gasteiger charge is 2.49. The Kier molecular flexibility index (Phi) is 5.81. The summed E-state index contributed by atoms with van der Waals surface area (Å²) in [5.41, 5.74) is -1.74. The summed E-state index contributed by atoms with van der Waals surface area (Å²) >= 11 is 0. The molecular formula is C9H14N2O12P2. The van der Waals surface area contributed by atoms with Crippen molar-refractivity contribution in [1.29, 1.82) is 0 Å². The van der Waals surface area contributed by atoms with Crippen molar-refractivity contribution in [3.63, 3.8) is 0 Å². The lowest BCUT2D eigenvalue weighted by Crippen LogP contribution is -2.38. The predicted molar refractivity (Wildman–Crippen MR) is 76.2 cm³/mol. The van der Waals surface area contributed by atoms with Crippen molar-refractivity contribution in [2.75, 3.05) is 6.61 Å². The lowest BCUT2D eigenvalue weighted by Gasteiger charge is -2.20. The van der Waals surface area contributed by atoms with E-state index in [9.17, 15) is 23.8 Å². The normalized spacial score (nSPS) is 27.6. The molecule has 142 valence electrons. The van der Waals surface area contributed by atoms with Crippen LogP contribution in [0.5, 0.6) is 0 Å². The average Bonchev–Trinajstić information content (AvgIpc) is 2.72. The second-order valence-corrected chi connectivity index (χ2v) is 7.35. The maximum atomic E-state index is 11.8. The molecule has 0 radical (unpaired) electrons. The van der Waals surface area contributed by atoms with Gasteiger partial charge in [0.1, 0.15) is 18.3 Å². The molecule has 0 spiro atoms. The third kappa shape index (κ3) is 5.39. The second-order valence-electron chi connectivity index (χ2n) is 4.92. The predicted octanol–water partition coefficient (Wildman–Crippen LogP) is -2.62. The number of ether oxygens (including phenoxy) is 1. The lowest BCUT2D eigenvalue weighted by atomic mass is 10.1. The van der Waals surface area contributed by atoms with Gasteiger partial charge in [-0.3, -0.25) is 23.4 Å². The summed E-state index contributed by atoms with van der Waals surface area (Å²) in [4.78, 5) is 59.9. The summed E-state index contributed by atoms with van der Waals surface area (Å²) in [6.07, 6.45) is -5.77. The van der Waals surface area contributed by atoms with Crippen molar-refractivity contribution < 1.29 is 47.6 Å². The van der Waals surface area contributed by atoms with Crippen molar-refractivity contribution in [2.24, 2.45) is 0 Å². The number of phosphoric ester groups is 2. The number of rotatable bonds is 6. The first-order valence-corrected chi connectivity index (χ1v) is 9.52. The fraction of sp³-hybridized carbons (Fsp3) is 0.556. The lowest BCUT2D eigenvalue weighted by molar-refractivity contribution is -0.0541. The zero-order valence-corrected chi connectivity index (χ0v) is 13.9. The number of hydrogen-bond donors (Lipinski definition) is 6. The van der Waals surface area contributed by atoms with E-state index in [1.165, 1.54) is 0 Å². The van der Waals surface area contributed by atoms with E-state index in [1.54, 1.807) is 0 Å². The Morgan fingerprint density at radius 2 is 1.84 bits per heavy atom. The standard InChI is InChI=1S/C9H14N2O12P2/c12-5-1-2-11(9(14)10-5)8-6(13)7(23-25(18,19)20)4(22-8)3-21-24(15,16)17/h1-2,4,6-8,13H,3H2,(H,10,12,14)(H2,15,16,17)(H2,18,19,20)/t4-,6-,7-,8-/m1/s1. The summed E-state index contributed by atoms with van der Waals surface area (Å²) in [5.74, 6) is 0. The number of aliphatic hydroxyl groups is 1. The van der Waals surface area contributed by atoms with Gasteiger partial charge in [0.25, 0.3) is 5.56 Å². The van der Waals surface area contributed by atoms with E-state index in [0.29, 0.717) is 4.57 Å². The summed E-state index contributed by atoms with van der Waals surface area (Å²) in [7, 11) is -10.1. The molecule has 0 unspecified atom stereocenters. The minimum atomic E-state index is -5.13. The maximum absolute atomic E-state index is 11.8. The number of H-pyrrole nitrogens is 1. The first-order valence-electron chi connectivity index (χ1n) is 6.46. The molecule has 2 heterocycles. The highest BCUT2D eigenvalue weighted by molar-refractivity contribution is 7.46. The molecule has 25 heavy (non-hydrogen) atoms. The van der Waals surface area contributed by atoms with Gasteiger partial charge in [-0.05, 0) is 0 Å². The van der Waals surface area contributed by atoms with Crippen LogP contribution in [0.15, 0.2) is 21.9 Å². The minimum absolute atomic E-state index is 0.708. The summed E-state index contributed by atoms with van der Waals surface area (Å²) in [5, 5.41) is 10.2.